The molecule has 0 amide bonds. The number of benzene rings is 1. The molecule has 1 saturated carbocycles. The largest absolute Gasteiger partial charge is 0.497 e. The minimum absolute atomic E-state index is 0.0463. The van der Waals surface area contributed by atoms with E-state index in [-0.39, 0.29) is 11.0 Å². The van der Waals surface area contributed by atoms with Crippen LogP contribution in [0.5, 0.6) is 11.5 Å². The lowest BCUT2D eigenvalue weighted by Gasteiger charge is -2.55. The zero-order valence-electron chi connectivity index (χ0n) is 12.7. The molecule has 1 aromatic carbocycles. The van der Waals surface area contributed by atoms with Crippen molar-refractivity contribution in [2.45, 2.75) is 50.5 Å². The van der Waals surface area contributed by atoms with Crippen LogP contribution in [0, 0.1) is 11.3 Å². The van der Waals surface area contributed by atoms with Gasteiger partial charge in [-0.2, -0.15) is 0 Å². The van der Waals surface area contributed by atoms with Gasteiger partial charge in [-0.1, -0.05) is 29.8 Å². The minimum Gasteiger partial charge on any atom is -0.497 e. The van der Waals surface area contributed by atoms with Gasteiger partial charge in [-0.25, -0.2) is 0 Å². The summed E-state index contributed by atoms with van der Waals surface area (Å²) in [6, 6.07) is 6.18. The highest BCUT2D eigenvalue weighted by Crippen LogP contribution is 2.55. The Hall–Kier alpha value is -0.700. The zero-order valence-corrected chi connectivity index (χ0v) is 14.3. The molecule has 0 unspecified atom stereocenters. The van der Waals surface area contributed by atoms with Crippen LogP contribution in [0.25, 0.3) is 0 Å². The van der Waals surface area contributed by atoms with E-state index >= 15 is 0 Å². The molecule has 1 aromatic rings. The van der Waals surface area contributed by atoms with E-state index in [1.54, 1.807) is 7.11 Å². The number of methoxy groups -OCH3 is 1. The summed E-state index contributed by atoms with van der Waals surface area (Å²) in [5.41, 5.74) is 1.46. The van der Waals surface area contributed by atoms with Gasteiger partial charge in [-0.15, -0.1) is 0 Å². The van der Waals surface area contributed by atoms with Crippen LogP contribution in [-0.4, -0.2) is 17.5 Å². The first kappa shape index (κ1) is 14.2. The fourth-order valence-electron chi connectivity index (χ4n) is 3.98. The first-order valence-corrected chi connectivity index (χ1v) is 8.28. The standard InChI is InChI=1S/C17H23BrO2/c1-16(2)14-10-11-9-12(19-4)5-6-13(11)20-17(14,3)8-7-15(16)18/h5-6,9,14-15H,7-8,10H2,1-4H3/t14-,15-,17-/m1/s1. The van der Waals surface area contributed by atoms with E-state index in [0.717, 1.165) is 24.3 Å². The molecule has 1 fully saturated rings. The lowest BCUT2D eigenvalue weighted by Crippen LogP contribution is -2.57. The fourth-order valence-corrected chi connectivity index (χ4v) is 4.53. The minimum atomic E-state index is -0.0463. The number of alkyl halides is 1. The van der Waals surface area contributed by atoms with Crippen LogP contribution < -0.4 is 9.47 Å². The topological polar surface area (TPSA) is 18.5 Å². The quantitative estimate of drug-likeness (QED) is 0.697. The van der Waals surface area contributed by atoms with Gasteiger partial charge < -0.3 is 9.47 Å². The molecule has 1 heterocycles. The van der Waals surface area contributed by atoms with Crippen LogP contribution in [0.4, 0.5) is 0 Å². The molecule has 0 spiro atoms. The van der Waals surface area contributed by atoms with Gasteiger partial charge in [0.2, 0.25) is 0 Å². The van der Waals surface area contributed by atoms with E-state index in [1.165, 1.54) is 12.0 Å². The Balaban J connectivity index is 2.02. The SMILES string of the molecule is COc1ccc2c(c1)C[C@@H]1C(C)(C)[C@H](Br)CC[C@@]1(C)O2. The van der Waals surface area contributed by atoms with Crippen molar-refractivity contribution in [3.8, 4) is 11.5 Å². The van der Waals surface area contributed by atoms with E-state index < -0.39 is 0 Å². The molecular formula is C17H23BrO2. The number of hydrogen-bond acceptors (Lipinski definition) is 2. The lowest BCUT2D eigenvalue weighted by atomic mass is 9.59. The summed E-state index contributed by atoms with van der Waals surface area (Å²) in [7, 11) is 1.72. The summed E-state index contributed by atoms with van der Waals surface area (Å²) in [6.07, 6.45) is 3.35. The van der Waals surface area contributed by atoms with Gasteiger partial charge in [0.1, 0.15) is 17.1 Å². The third kappa shape index (κ3) is 2.05. The molecule has 2 aliphatic rings. The molecule has 3 atom stereocenters. The monoisotopic (exact) mass is 338 g/mol. The van der Waals surface area contributed by atoms with Gasteiger partial charge in [0, 0.05) is 10.7 Å². The molecule has 3 heteroatoms. The van der Waals surface area contributed by atoms with Crippen molar-refractivity contribution >= 4 is 15.9 Å². The zero-order chi connectivity index (χ0) is 14.5. The molecule has 1 aliphatic carbocycles. The third-order valence-corrected chi connectivity index (χ3v) is 7.01. The van der Waals surface area contributed by atoms with Crippen molar-refractivity contribution in [1.29, 1.82) is 0 Å². The van der Waals surface area contributed by atoms with E-state index in [4.69, 9.17) is 9.47 Å². The molecule has 2 nitrogen and oxygen atoms in total. The van der Waals surface area contributed by atoms with Crippen LogP contribution in [-0.2, 0) is 6.42 Å². The molecular weight excluding hydrogens is 316 g/mol. The Bertz CT molecular complexity index is 526. The predicted octanol–water partition coefficient (Wildman–Crippen LogP) is 4.59. The highest BCUT2D eigenvalue weighted by atomic mass is 79.9. The van der Waals surface area contributed by atoms with Crippen molar-refractivity contribution < 1.29 is 9.47 Å². The van der Waals surface area contributed by atoms with E-state index in [9.17, 15) is 0 Å². The van der Waals surface area contributed by atoms with Crippen molar-refractivity contribution in [2.24, 2.45) is 11.3 Å². The van der Waals surface area contributed by atoms with Gasteiger partial charge in [0.25, 0.3) is 0 Å². The lowest BCUT2D eigenvalue weighted by molar-refractivity contribution is -0.0773. The van der Waals surface area contributed by atoms with Crippen molar-refractivity contribution in [3.63, 3.8) is 0 Å². The molecule has 20 heavy (non-hydrogen) atoms. The van der Waals surface area contributed by atoms with E-state index in [2.05, 4.69) is 48.8 Å². The van der Waals surface area contributed by atoms with Crippen LogP contribution in [0.2, 0.25) is 0 Å². The summed E-state index contributed by atoms with van der Waals surface area (Å²) < 4.78 is 11.8. The predicted molar refractivity (Wildman–Crippen MR) is 85.0 cm³/mol. The highest BCUT2D eigenvalue weighted by molar-refractivity contribution is 9.09. The molecule has 0 bridgehead atoms. The molecule has 1 aliphatic heterocycles. The second kappa shape index (κ2) is 4.66. The molecule has 110 valence electrons. The highest BCUT2D eigenvalue weighted by Gasteiger charge is 2.54. The van der Waals surface area contributed by atoms with E-state index in [1.807, 2.05) is 6.07 Å². The normalized spacial score (nSPS) is 34.6. The van der Waals surface area contributed by atoms with Gasteiger partial charge in [-0.3, -0.25) is 0 Å². The smallest absolute Gasteiger partial charge is 0.123 e. The summed E-state index contributed by atoms with van der Waals surface area (Å²) in [4.78, 5) is 0.559. The maximum Gasteiger partial charge on any atom is 0.123 e. The molecule has 0 radical (unpaired) electrons. The average molecular weight is 339 g/mol. The Kier molecular flexibility index (Phi) is 3.32. The second-order valence-electron chi connectivity index (χ2n) is 6.97. The van der Waals surface area contributed by atoms with Crippen LogP contribution in [0.3, 0.4) is 0 Å². The van der Waals surface area contributed by atoms with Crippen LogP contribution >= 0.6 is 15.9 Å². The second-order valence-corrected chi connectivity index (χ2v) is 8.08. The van der Waals surface area contributed by atoms with E-state index in [0.29, 0.717) is 10.7 Å². The summed E-state index contributed by atoms with van der Waals surface area (Å²) in [5, 5.41) is 0. The van der Waals surface area contributed by atoms with Crippen molar-refractivity contribution in [2.75, 3.05) is 7.11 Å². The van der Waals surface area contributed by atoms with Crippen LogP contribution in [0.15, 0.2) is 18.2 Å². The Morgan fingerprint density at radius 1 is 1.30 bits per heavy atom. The first-order valence-electron chi connectivity index (χ1n) is 7.37. The van der Waals surface area contributed by atoms with Gasteiger partial charge in [0.05, 0.1) is 7.11 Å². The molecule has 0 aromatic heterocycles. The average Bonchev–Trinajstić information content (AvgIpc) is 2.42. The Labute approximate surface area is 130 Å². The molecule has 0 saturated heterocycles. The molecule has 0 N–H and O–H groups in total. The summed E-state index contributed by atoms with van der Waals surface area (Å²) in [6.45, 7) is 7.01. The number of rotatable bonds is 1. The Morgan fingerprint density at radius 3 is 2.75 bits per heavy atom. The maximum absolute atomic E-state index is 6.43. The number of hydrogen-bond donors (Lipinski definition) is 0. The van der Waals surface area contributed by atoms with Gasteiger partial charge in [0.15, 0.2) is 0 Å². The number of fused-ring (bicyclic) bond motifs is 2. The summed E-state index contributed by atoms with van der Waals surface area (Å²) >= 11 is 3.88. The first-order chi connectivity index (χ1) is 9.37. The van der Waals surface area contributed by atoms with Crippen LogP contribution in [0.1, 0.15) is 39.2 Å². The number of ether oxygens (including phenoxy) is 2. The van der Waals surface area contributed by atoms with Gasteiger partial charge >= 0.3 is 0 Å². The Morgan fingerprint density at radius 2 is 2.05 bits per heavy atom. The van der Waals surface area contributed by atoms with Crippen molar-refractivity contribution in [3.05, 3.63) is 23.8 Å². The molecule has 3 rings (SSSR count). The number of halogens is 1. The van der Waals surface area contributed by atoms with Gasteiger partial charge in [-0.05, 0) is 55.4 Å². The maximum atomic E-state index is 6.43. The fraction of sp³-hybridized carbons (Fsp3) is 0.647. The summed E-state index contributed by atoms with van der Waals surface area (Å²) in [5.74, 6) is 2.47. The van der Waals surface area contributed by atoms with Crippen molar-refractivity contribution in [1.82, 2.24) is 0 Å². The third-order valence-electron chi connectivity index (χ3n) is 5.37.